The first-order chi connectivity index (χ1) is 15.0. The van der Waals surface area contributed by atoms with Crippen molar-refractivity contribution in [3.8, 4) is 17.0 Å². The van der Waals surface area contributed by atoms with E-state index in [0.717, 1.165) is 22.8 Å². The first-order valence-electron chi connectivity index (χ1n) is 9.77. The van der Waals surface area contributed by atoms with Crippen LogP contribution < -0.4 is 15.0 Å². The molecule has 31 heavy (non-hydrogen) atoms. The van der Waals surface area contributed by atoms with Crippen LogP contribution >= 0.6 is 23.2 Å². The number of ether oxygens (including phenoxy) is 1. The van der Waals surface area contributed by atoms with Gasteiger partial charge in [0.1, 0.15) is 5.75 Å². The highest BCUT2D eigenvalue weighted by Crippen LogP contribution is 2.26. The van der Waals surface area contributed by atoms with Crippen molar-refractivity contribution in [1.29, 1.82) is 0 Å². The predicted molar refractivity (Wildman–Crippen MR) is 123 cm³/mol. The summed E-state index contributed by atoms with van der Waals surface area (Å²) in [6.07, 6.45) is 0. The van der Waals surface area contributed by atoms with Crippen LogP contribution in [0.2, 0.25) is 10.0 Å². The number of nitrogens with one attached hydrogen (secondary N) is 1. The second-order valence-corrected chi connectivity index (χ2v) is 7.88. The third-order valence-electron chi connectivity index (χ3n) is 5.08. The van der Waals surface area contributed by atoms with Crippen molar-refractivity contribution >= 4 is 40.7 Å². The van der Waals surface area contributed by atoms with Crippen LogP contribution in [0.25, 0.3) is 11.3 Å². The zero-order valence-corrected chi connectivity index (χ0v) is 18.4. The third kappa shape index (κ3) is 5.00. The quantitative estimate of drug-likeness (QED) is 0.608. The minimum Gasteiger partial charge on any atom is -0.497 e. The van der Waals surface area contributed by atoms with Gasteiger partial charge >= 0.3 is 6.03 Å². The Morgan fingerprint density at radius 1 is 1.00 bits per heavy atom. The van der Waals surface area contributed by atoms with Crippen LogP contribution in [0.1, 0.15) is 0 Å². The molecular formula is C22H21Cl2N5O2. The fourth-order valence-electron chi connectivity index (χ4n) is 3.36. The van der Waals surface area contributed by atoms with Gasteiger partial charge in [-0.3, -0.25) is 0 Å². The molecule has 1 fully saturated rings. The molecule has 1 aromatic heterocycles. The van der Waals surface area contributed by atoms with Crippen molar-refractivity contribution in [2.24, 2.45) is 0 Å². The molecule has 1 aliphatic heterocycles. The van der Waals surface area contributed by atoms with Gasteiger partial charge in [-0.2, -0.15) is 0 Å². The van der Waals surface area contributed by atoms with Crippen LogP contribution in [-0.4, -0.2) is 54.4 Å². The number of hydrogen-bond acceptors (Lipinski definition) is 5. The molecule has 2 aromatic carbocycles. The Hall–Kier alpha value is -3.03. The number of carbonyl (C=O) groups is 1. The number of carbonyl (C=O) groups excluding carboxylic acids is 1. The van der Waals surface area contributed by atoms with Crippen molar-refractivity contribution in [2.45, 2.75) is 0 Å². The Morgan fingerprint density at radius 3 is 2.52 bits per heavy atom. The monoisotopic (exact) mass is 457 g/mol. The number of rotatable bonds is 4. The number of nitrogens with zero attached hydrogens (tertiary/aromatic N) is 4. The minimum atomic E-state index is -0.205. The van der Waals surface area contributed by atoms with Crippen molar-refractivity contribution < 1.29 is 9.53 Å². The third-order valence-corrected chi connectivity index (χ3v) is 5.64. The number of amides is 2. The molecule has 0 spiro atoms. The molecule has 0 saturated carbocycles. The van der Waals surface area contributed by atoms with E-state index in [1.54, 1.807) is 30.2 Å². The van der Waals surface area contributed by atoms with Gasteiger partial charge in [-0.1, -0.05) is 35.3 Å². The molecule has 0 atom stereocenters. The fraction of sp³-hybridized carbons (Fsp3) is 0.227. The average Bonchev–Trinajstić information content (AvgIpc) is 2.81. The van der Waals surface area contributed by atoms with Gasteiger partial charge in [0.25, 0.3) is 0 Å². The van der Waals surface area contributed by atoms with Gasteiger partial charge in [-0.05, 0) is 42.5 Å². The summed E-state index contributed by atoms with van der Waals surface area (Å²) in [5.74, 6) is 1.56. The first kappa shape index (κ1) is 21.2. The van der Waals surface area contributed by atoms with E-state index >= 15 is 0 Å². The van der Waals surface area contributed by atoms with Gasteiger partial charge in [0.15, 0.2) is 5.82 Å². The summed E-state index contributed by atoms with van der Waals surface area (Å²) in [5, 5.41) is 12.5. The normalized spacial score (nSPS) is 13.8. The second kappa shape index (κ2) is 9.41. The summed E-state index contributed by atoms with van der Waals surface area (Å²) in [4.78, 5) is 16.4. The first-order valence-corrected chi connectivity index (χ1v) is 10.5. The summed E-state index contributed by atoms with van der Waals surface area (Å²) < 4.78 is 5.27. The second-order valence-electron chi connectivity index (χ2n) is 7.04. The molecule has 0 bridgehead atoms. The van der Waals surface area contributed by atoms with Crippen LogP contribution in [0.15, 0.2) is 54.6 Å². The van der Waals surface area contributed by atoms with Crippen LogP contribution in [0, 0.1) is 0 Å². The number of hydrogen-bond donors (Lipinski definition) is 1. The topological polar surface area (TPSA) is 70.6 Å². The van der Waals surface area contributed by atoms with E-state index in [2.05, 4.69) is 20.4 Å². The van der Waals surface area contributed by atoms with Crippen LogP contribution in [-0.2, 0) is 0 Å². The SMILES string of the molecule is COc1cccc(-c2ccc(N3CCN(C(=O)Nc4cc(Cl)ccc4Cl)CC3)nn2)c1. The fourth-order valence-corrected chi connectivity index (χ4v) is 3.69. The highest BCUT2D eigenvalue weighted by Gasteiger charge is 2.23. The van der Waals surface area contributed by atoms with E-state index < -0.39 is 0 Å². The zero-order chi connectivity index (χ0) is 21.8. The Morgan fingerprint density at radius 2 is 1.81 bits per heavy atom. The number of benzene rings is 2. The summed E-state index contributed by atoms with van der Waals surface area (Å²) >= 11 is 12.1. The Labute approximate surface area is 190 Å². The molecule has 0 aliphatic carbocycles. The van der Waals surface area contributed by atoms with E-state index in [1.807, 2.05) is 36.4 Å². The Bertz CT molecular complexity index is 1070. The number of anilines is 2. The number of piperazine rings is 1. The standard InChI is InChI=1S/C22H21Cl2N5O2/c1-31-17-4-2-3-15(13-17)19-7-8-21(27-26-19)28-9-11-29(12-10-28)22(30)25-20-14-16(23)5-6-18(20)24/h2-8,13-14H,9-12H2,1H3,(H,25,30). The predicted octanol–water partition coefficient (Wildman–Crippen LogP) is 4.81. The van der Waals surface area contributed by atoms with Crippen molar-refractivity contribution in [2.75, 3.05) is 43.5 Å². The van der Waals surface area contributed by atoms with Crippen LogP contribution in [0.3, 0.4) is 0 Å². The molecule has 9 heteroatoms. The maximum Gasteiger partial charge on any atom is 0.322 e. The molecule has 0 unspecified atom stereocenters. The molecule has 2 amide bonds. The van der Waals surface area contributed by atoms with E-state index in [9.17, 15) is 4.79 Å². The molecule has 4 rings (SSSR count). The summed E-state index contributed by atoms with van der Waals surface area (Å²) in [7, 11) is 1.64. The molecule has 2 heterocycles. The molecule has 3 aromatic rings. The molecule has 1 aliphatic rings. The maximum absolute atomic E-state index is 12.6. The smallest absolute Gasteiger partial charge is 0.322 e. The van der Waals surface area contributed by atoms with Gasteiger partial charge < -0.3 is 19.9 Å². The lowest BCUT2D eigenvalue weighted by Crippen LogP contribution is -2.50. The number of urea groups is 1. The molecule has 1 saturated heterocycles. The van der Waals surface area contributed by atoms with Gasteiger partial charge in [0.05, 0.1) is 23.5 Å². The van der Waals surface area contributed by atoms with Gasteiger partial charge in [-0.25, -0.2) is 4.79 Å². The van der Waals surface area contributed by atoms with Gasteiger partial charge in [0, 0.05) is 36.8 Å². The molecule has 0 radical (unpaired) electrons. The van der Waals surface area contributed by atoms with Crippen LogP contribution in [0.4, 0.5) is 16.3 Å². The summed E-state index contributed by atoms with van der Waals surface area (Å²) in [5.41, 5.74) is 2.22. The van der Waals surface area contributed by atoms with E-state index in [1.165, 1.54) is 0 Å². The largest absolute Gasteiger partial charge is 0.497 e. The highest BCUT2D eigenvalue weighted by atomic mass is 35.5. The Balaban J connectivity index is 1.36. The maximum atomic E-state index is 12.6. The Kier molecular flexibility index (Phi) is 6.44. The van der Waals surface area contributed by atoms with Crippen molar-refractivity contribution in [1.82, 2.24) is 15.1 Å². The molecular weight excluding hydrogens is 437 g/mol. The van der Waals surface area contributed by atoms with Crippen molar-refractivity contribution in [3.63, 3.8) is 0 Å². The molecule has 160 valence electrons. The summed E-state index contributed by atoms with van der Waals surface area (Å²) in [6.45, 7) is 2.43. The van der Waals surface area contributed by atoms with E-state index in [-0.39, 0.29) is 6.03 Å². The molecule has 1 N–H and O–H groups in total. The lowest BCUT2D eigenvalue weighted by atomic mass is 10.1. The van der Waals surface area contributed by atoms with E-state index in [0.29, 0.717) is 41.9 Å². The van der Waals surface area contributed by atoms with Gasteiger partial charge in [0.2, 0.25) is 0 Å². The lowest BCUT2D eigenvalue weighted by Gasteiger charge is -2.35. The van der Waals surface area contributed by atoms with E-state index in [4.69, 9.17) is 27.9 Å². The minimum absolute atomic E-state index is 0.205. The summed E-state index contributed by atoms with van der Waals surface area (Å²) in [6, 6.07) is 16.4. The highest BCUT2D eigenvalue weighted by molar-refractivity contribution is 6.35. The number of methoxy groups -OCH3 is 1. The van der Waals surface area contributed by atoms with Gasteiger partial charge in [-0.15, -0.1) is 10.2 Å². The number of halogens is 2. The molecule has 7 nitrogen and oxygen atoms in total. The zero-order valence-electron chi connectivity index (χ0n) is 16.9. The number of aromatic nitrogens is 2. The average molecular weight is 458 g/mol. The van der Waals surface area contributed by atoms with Crippen LogP contribution in [0.5, 0.6) is 5.75 Å². The van der Waals surface area contributed by atoms with Crippen molar-refractivity contribution in [3.05, 3.63) is 64.6 Å². The lowest BCUT2D eigenvalue weighted by molar-refractivity contribution is 0.208.